The minimum Gasteiger partial charge on any atom is -0.337 e. The van der Waals surface area contributed by atoms with Gasteiger partial charge in [0.15, 0.2) is 0 Å². The Hall–Kier alpha value is -2.57. The monoisotopic (exact) mass is 352 g/mol. The van der Waals surface area contributed by atoms with Gasteiger partial charge < -0.3 is 9.47 Å². The molecule has 4 nitrogen and oxygen atoms in total. The number of hydrogen-bond donors (Lipinski definition) is 0. The maximum atomic E-state index is 12.8. The van der Waals surface area contributed by atoms with Gasteiger partial charge >= 0.3 is 6.18 Å². The Morgan fingerprint density at radius 2 is 1.84 bits per heavy atom. The van der Waals surface area contributed by atoms with E-state index >= 15 is 0 Å². The summed E-state index contributed by atoms with van der Waals surface area (Å²) in [4.78, 5) is 25.7. The lowest BCUT2D eigenvalue weighted by atomic mass is 10.1. The van der Waals surface area contributed by atoms with Crippen molar-refractivity contribution in [3.63, 3.8) is 0 Å². The van der Waals surface area contributed by atoms with Crippen LogP contribution in [-0.2, 0) is 24.1 Å². The van der Waals surface area contributed by atoms with Crippen molar-refractivity contribution in [2.24, 2.45) is 0 Å². The third-order valence-corrected chi connectivity index (χ3v) is 3.97. The average Bonchev–Trinajstić information content (AvgIpc) is 2.55. The van der Waals surface area contributed by atoms with Crippen molar-refractivity contribution in [3.05, 3.63) is 69.6 Å². The molecule has 0 spiro atoms. The number of carbonyl (C=O) groups excluding carboxylic acids is 1. The van der Waals surface area contributed by atoms with E-state index in [-0.39, 0.29) is 0 Å². The molecule has 0 saturated carbocycles. The highest BCUT2D eigenvalue weighted by atomic mass is 19.4. The Kier molecular flexibility index (Phi) is 5.66. The van der Waals surface area contributed by atoms with Crippen LogP contribution in [0.1, 0.15) is 23.6 Å². The van der Waals surface area contributed by atoms with E-state index in [0.29, 0.717) is 25.4 Å². The molecule has 1 aromatic heterocycles. The van der Waals surface area contributed by atoms with Crippen LogP contribution in [0.2, 0.25) is 0 Å². The SMILES string of the molecule is CCN(Cc1ccccc1C)C(=O)Cn1cc(C(F)(F)F)ccc1=O. The summed E-state index contributed by atoms with van der Waals surface area (Å²) in [7, 11) is 0. The van der Waals surface area contributed by atoms with Crippen molar-refractivity contribution < 1.29 is 18.0 Å². The summed E-state index contributed by atoms with van der Waals surface area (Å²) in [6.07, 6.45) is -3.88. The number of alkyl halides is 3. The van der Waals surface area contributed by atoms with Crippen LogP contribution in [0.15, 0.2) is 47.4 Å². The molecule has 0 fully saturated rings. The fourth-order valence-electron chi connectivity index (χ4n) is 2.44. The van der Waals surface area contributed by atoms with E-state index in [1.165, 1.54) is 4.90 Å². The van der Waals surface area contributed by atoms with Crippen LogP contribution in [0.25, 0.3) is 0 Å². The molecule has 0 N–H and O–H groups in total. The molecule has 0 unspecified atom stereocenters. The van der Waals surface area contributed by atoms with Gasteiger partial charge in [0.05, 0.1) is 5.56 Å². The summed E-state index contributed by atoms with van der Waals surface area (Å²) in [5, 5.41) is 0. The topological polar surface area (TPSA) is 42.3 Å². The van der Waals surface area contributed by atoms with E-state index in [2.05, 4.69) is 0 Å². The lowest BCUT2D eigenvalue weighted by Crippen LogP contribution is -2.36. The van der Waals surface area contributed by atoms with Crippen molar-refractivity contribution in [1.82, 2.24) is 9.47 Å². The largest absolute Gasteiger partial charge is 0.417 e. The van der Waals surface area contributed by atoms with Crippen LogP contribution >= 0.6 is 0 Å². The first-order chi connectivity index (χ1) is 11.7. The molecule has 1 aromatic carbocycles. The van der Waals surface area contributed by atoms with Gasteiger partial charge in [0.25, 0.3) is 5.56 Å². The van der Waals surface area contributed by atoms with Gasteiger partial charge in [-0.15, -0.1) is 0 Å². The molecular weight excluding hydrogens is 333 g/mol. The van der Waals surface area contributed by atoms with Gasteiger partial charge in [-0.05, 0) is 31.0 Å². The Balaban J connectivity index is 2.20. The van der Waals surface area contributed by atoms with E-state index in [9.17, 15) is 22.8 Å². The molecule has 2 aromatic rings. The second kappa shape index (κ2) is 7.55. The number of aromatic nitrogens is 1. The molecule has 0 radical (unpaired) electrons. The third kappa shape index (κ3) is 4.71. The smallest absolute Gasteiger partial charge is 0.337 e. The molecule has 134 valence electrons. The minimum absolute atomic E-state index is 0.343. The van der Waals surface area contributed by atoms with Gasteiger partial charge in [0.1, 0.15) is 6.54 Å². The number of carbonyl (C=O) groups is 1. The molecule has 0 bridgehead atoms. The molecular formula is C18H19F3N2O2. The van der Waals surface area contributed by atoms with Crippen LogP contribution in [0, 0.1) is 6.92 Å². The molecule has 0 saturated heterocycles. The first-order valence-corrected chi connectivity index (χ1v) is 7.82. The summed E-state index contributed by atoms with van der Waals surface area (Å²) in [6, 6.07) is 9.10. The zero-order chi connectivity index (χ0) is 18.6. The number of pyridine rings is 1. The van der Waals surface area contributed by atoms with Crippen LogP contribution in [-0.4, -0.2) is 21.9 Å². The molecule has 1 amide bonds. The van der Waals surface area contributed by atoms with Gasteiger partial charge in [0.2, 0.25) is 5.91 Å². The number of aryl methyl sites for hydroxylation is 1. The molecule has 0 aliphatic carbocycles. The molecule has 0 aliphatic rings. The van der Waals surface area contributed by atoms with Crippen LogP contribution < -0.4 is 5.56 Å². The van der Waals surface area contributed by atoms with Gasteiger partial charge in [-0.3, -0.25) is 9.59 Å². The fourth-order valence-corrected chi connectivity index (χ4v) is 2.44. The van der Waals surface area contributed by atoms with Crippen molar-refractivity contribution in [3.8, 4) is 0 Å². The standard InChI is InChI=1S/C18H19F3N2O2/c1-3-22(10-14-7-5-4-6-13(14)2)17(25)12-23-11-15(18(19,20)21)8-9-16(23)24/h4-9,11H,3,10,12H2,1-2H3. The summed E-state index contributed by atoms with van der Waals surface area (Å²) in [6.45, 7) is 4.01. The van der Waals surface area contributed by atoms with Crippen molar-refractivity contribution in [2.45, 2.75) is 33.1 Å². The molecule has 0 aliphatic heterocycles. The highest BCUT2D eigenvalue weighted by Gasteiger charge is 2.31. The summed E-state index contributed by atoms with van der Waals surface area (Å²) in [5.41, 5.74) is 0.370. The number of rotatable bonds is 5. The number of halogens is 3. The van der Waals surface area contributed by atoms with Gasteiger partial charge in [-0.1, -0.05) is 24.3 Å². The van der Waals surface area contributed by atoms with E-state index in [1.54, 1.807) is 6.92 Å². The fraction of sp³-hybridized carbons (Fsp3) is 0.333. The normalized spacial score (nSPS) is 11.4. The Morgan fingerprint density at radius 1 is 1.16 bits per heavy atom. The molecule has 0 atom stereocenters. The molecule has 25 heavy (non-hydrogen) atoms. The number of hydrogen-bond acceptors (Lipinski definition) is 2. The highest BCUT2D eigenvalue weighted by Crippen LogP contribution is 2.28. The third-order valence-electron chi connectivity index (χ3n) is 3.97. The maximum Gasteiger partial charge on any atom is 0.417 e. The molecule has 1 heterocycles. The Labute approximate surface area is 143 Å². The van der Waals surface area contributed by atoms with Crippen LogP contribution in [0.4, 0.5) is 13.2 Å². The van der Waals surface area contributed by atoms with Gasteiger partial charge in [0, 0.05) is 25.4 Å². The number of benzene rings is 1. The van der Waals surface area contributed by atoms with E-state index < -0.39 is 29.8 Å². The predicted molar refractivity (Wildman–Crippen MR) is 88.0 cm³/mol. The van der Waals surface area contributed by atoms with E-state index in [4.69, 9.17) is 0 Å². The second-order valence-corrected chi connectivity index (χ2v) is 5.72. The lowest BCUT2D eigenvalue weighted by molar-refractivity contribution is -0.138. The van der Waals surface area contributed by atoms with E-state index in [1.807, 2.05) is 31.2 Å². The van der Waals surface area contributed by atoms with Gasteiger partial charge in [-0.25, -0.2) is 0 Å². The average molecular weight is 352 g/mol. The highest BCUT2D eigenvalue weighted by molar-refractivity contribution is 5.76. The predicted octanol–water partition coefficient (Wildman–Crippen LogP) is 3.22. The number of nitrogens with zero attached hydrogens (tertiary/aromatic N) is 2. The maximum absolute atomic E-state index is 12.8. The first kappa shape index (κ1) is 18.8. The molecule has 7 heteroatoms. The minimum atomic E-state index is -4.57. The van der Waals surface area contributed by atoms with Crippen molar-refractivity contribution in [1.29, 1.82) is 0 Å². The second-order valence-electron chi connectivity index (χ2n) is 5.72. The summed E-state index contributed by atoms with van der Waals surface area (Å²) in [5.74, 6) is -0.410. The summed E-state index contributed by atoms with van der Waals surface area (Å²) >= 11 is 0. The van der Waals surface area contributed by atoms with Gasteiger partial charge in [-0.2, -0.15) is 13.2 Å². The lowest BCUT2D eigenvalue weighted by Gasteiger charge is -2.22. The zero-order valence-corrected chi connectivity index (χ0v) is 14.0. The Bertz CT molecular complexity index is 812. The van der Waals surface area contributed by atoms with Crippen LogP contribution in [0.3, 0.4) is 0 Å². The first-order valence-electron chi connectivity index (χ1n) is 7.82. The van der Waals surface area contributed by atoms with Crippen LogP contribution in [0.5, 0.6) is 0 Å². The molecule has 2 rings (SSSR count). The van der Waals surface area contributed by atoms with E-state index in [0.717, 1.165) is 21.8 Å². The van der Waals surface area contributed by atoms with Crippen molar-refractivity contribution in [2.75, 3.05) is 6.54 Å². The zero-order valence-electron chi connectivity index (χ0n) is 14.0. The van der Waals surface area contributed by atoms with Crippen molar-refractivity contribution >= 4 is 5.91 Å². The summed E-state index contributed by atoms with van der Waals surface area (Å²) < 4.78 is 39.1. The quantitative estimate of drug-likeness (QED) is 0.829. The number of likely N-dealkylation sites (N-methyl/N-ethyl adjacent to an activating group) is 1. The number of amides is 1. The Morgan fingerprint density at radius 3 is 2.44 bits per heavy atom.